The number of hydrogen-bond acceptors (Lipinski definition) is 3. The maximum absolute atomic E-state index is 13.0. The third-order valence-electron chi connectivity index (χ3n) is 4.90. The van der Waals surface area contributed by atoms with E-state index in [0.29, 0.717) is 18.5 Å². The molecule has 146 valence electrons. The highest BCUT2D eigenvalue weighted by Gasteiger charge is 2.26. The Hall–Kier alpha value is -2.40. The maximum Gasteiger partial charge on any atom is 0.263 e. The first-order valence-corrected chi connectivity index (χ1v) is 9.60. The van der Waals surface area contributed by atoms with Gasteiger partial charge in [-0.2, -0.15) is 0 Å². The van der Waals surface area contributed by atoms with Crippen LogP contribution in [0.5, 0.6) is 0 Å². The predicted octanol–water partition coefficient (Wildman–Crippen LogP) is 3.37. The van der Waals surface area contributed by atoms with Gasteiger partial charge in [0.1, 0.15) is 5.56 Å². The minimum atomic E-state index is -0.623. The van der Waals surface area contributed by atoms with E-state index >= 15 is 0 Å². The number of amides is 1. The van der Waals surface area contributed by atoms with Crippen molar-refractivity contribution in [3.8, 4) is 0 Å². The van der Waals surface area contributed by atoms with Crippen molar-refractivity contribution in [2.75, 3.05) is 0 Å². The topological polar surface area (TPSA) is 71.3 Å². The van der Waals surface area contributed by atoms with Gasteiger partial charge in [0, 0.05) is 12.2 Å². The molecule has 0 radical (unpaired) electrons. The van der Waals surface area contributed by atoms with Crippen molar-refractivity contribution in [2.45, 2.75) is 65.6 Å². The van der Waals surface area contributed by atoms with Crippen molar-refractivity contribution < 1.29 is 9.90 Å². The normalized spacial score (nSPS) is 11.4. The van der Waals surface area contributed by atoms with Crippen LogP contribution in [0.1, 0.15) is 67.7 Å². The molecule has 2 rings (SSSR count). The van der Waals surface area contributed by atoms with E-state index in [0.717, 1.165) is 24.1 Å². The quantitative estimate of drug-likeness (QED) is 0.748. The first-order chi connectivity index (χ1) is 12.9. The van der Waals surface area contributed by atoms with Crippen LogP contribution in [0.2, 0.25) is 0 Å². The highest BCUT2D eigenvalue weighted by Crippen LogP contribution is 2.20. The fourth-order valence-corrected chi connectivity index (χ4v) is 3.31. The average Bonchev–Trinajstić information content (AvgIpc) is 2.66. The van der Waals surface area contributed by atoms with Crippen LogP contribution in [0.4, 0.5) is 0 Å². The molecular weight excluding hydrogens is 340 g/mol. The van der Waals surface area contributed by atoms with Crippen LogP contribution < -0.4 is 10.9 Å². The Morgan fingerprint density at radius 2 is 1.85 bits per heavy atom. The van der Waals surface area contributed by atoms with Crippen LogP contribution in [-0.4, -0.2) is 15.6 Å². The summed E-state index contributed by atoms with van der Waals surface area (Å²) in [5.41, 5.74) is 1.56. The van der Waals surface area contributed by atoms with Gasteiger partial charge in [-0.15, -0.1) is 0 Å². The van der Waals surface area contributed by atoms with Crippen LogP contribution >= 0.6 is 0 Å². The Morgan fingerprint density at radius 3 is 2.41 bits per heavy atom. The highest BCUT2D eigenvalue weighted by molar-refractivity contribution is 5.94. The molecule has 0 atom stereocenters. The number of pyridine rings is 1. The SMILES string of the molecule is CCCCn1c(CC)c(CO)cc(C(=O)NC(C)(C)c2ccccc2)c1=O. The van der Waals surface area contributed by atoms with Crippen molar-refractivity contribution in [3.63, 3.8) is 0 Å². The molecule has 0 fully saturated rings. The number of carbonyl (C=O) groups excluding carboxylic acids is 1. The van der Waals surface area contributed by atoms with Gasteiger partial charge in [-0.05, 0) is 43.9 Å². The van der Waals surface area contributed by atoms with Gasteiger partial charge in [-0.1, -0.05) is 50.6 Å². The fourth-order valence-electron chi connectivity index (χ4n) is 3.31. The molecule has 27 heavy (non-hydrogen) atoms. The molecule has 0 bridgehead atoms. The molecule has 0 unspecified atom stereocenters. The largest absolute Gasteiger partial charge is 0.392 e. The number of rotatable bonds is 8. The predicted molar refractivity (Wildman–Crippen MR) is 108 cm³/mol. The van der Waals surface area contributed by atoms with Crippen LogP contribution in [0, 0.1) is 0 Å². The molecule has 5 nitrogen and oxygen atoms in total. The lowest BCUT2D eigenvalue weighted by Crippen LogP contribution is -2.44. The van der Waals surface area contributed by atoms with E-state index in [2.05, 4.69) is 12.2 Å². The zero-order chi connectivity index (χ0) is 20.0. The van der Waals surface area contributed by atoms with Crippen molar-refractivity contribution in [2.24, 2.45) is 0 Å². The lowest BCUT2D eigenvalue weighted by atomic mass is 9.94. The van der Waals surface area contributed by atoms with Gasteiger partial charge < -0.3 is 15.0 Å². The fraction of sp³-hybridized carbons (Fsp3) is 0.455. The second-order valence-electron chi connectivity index (χ2n) is 7.30. The van der Waals surface area contributed by atoms with E-state index in [1.54, 1.807) is 10.6 Å². The van der Waals surface area contributed by atoms with E-state index < -0.39 is 11.4 Å². The van der Waals surface area contributed by atoms with Gasteiger partial charge >= 0.3 is 0 Å². The number of unbranched alkanes of at least 4 members (excludes halogenated alkanes) is 1. The molecule has 1 aromatic heterocycles. The lowest BCUT2D eigenvalue weighted by Gasteiger charge is -2.27. The summed E-state index contributed by atoms with van der Waals surface area (Å²) in [5.74, 6) is -0.420. The third-order valence-corrected chi connectivity index (χ3v) is 4.90. The first kappa shape index (κ1) is 20.9. The number of carbonyl (C=O) groups is 1. The molecule has 2 N–H and O–H groups in total. The zero-order valence-electron chi connectivity index (χ0n) is 16.7. The van der Waals surface area contributed by atoms with E-state index in [-0.39, 0.29) is 17.7 Å². The van der Waals surface area contributed by atoms with Gasteiger partial charge in [-0.3, -0.25) is 9.59 Å². The first-order valence-electron chi connectivity index (χ1n) is 9.60. The zero-order valence-corrected chi connectivity index (χ0v) is 16.7. The Kier molecular flexibility index (Phi) is 6.97. The number of nitrogens with one attached hydrogen (secondary N) is 1. The molecule has 0 aliphatic carbocycles. The van der Waals surface area contributed by atoms with Crippen LogP contribution in [0.25, 0.3) is 0 Å². The van der Waals surface area contributed by atoms with E-state index in [4.69, 9.17) is 0 Å². The van der Waals surface area contributed by atoms with Crippen molar-refractivity contribution in [3.05, 3.63) is 69.1 Å². The summed E-state index contributed by atoms with van der Waals surface area (Å²) >= 11 is 0. The van der Waals surface area contributed by atoms with E-state index in [9.17, 15) is 14.7 Å². The third kappa shape index (κ3) is 4.66. The molecule has 0 saturated carbocycles. The molecule has 0 aliphatic heterocycles. The molecular formula is C22H30N2O3. The Labute approximate surface area is 161 Å². The molecule has 2 aromatic rings. The smallest absolute Gasteiger partial charge is 0.263 e. The molecule has 0 aliphatic rings. The minimum absolute atomic E-state index is 0.0800. The van der Waals surface area contributed by atoms with Crippen LogP contribution in [-0.2, 0) is 25.1 Å². The molecule has 5 heteroatoms. The highest BCUT2D eigenvalue weighted by atomic mass is 16.3. The van der Waals surface area contributed by atoms with Crippen LogP contribution in [0.3, 0.4) is 0 Å². The number of hydrogen-bond donors (Lipinski definition) is 2. The summed E-state index contributed by atoms with van der Waals surface area (Å²) in [6.45, 7) is 8.18. The second-order valence-corrected chi connectivity index (χ2v) is 7.30. The minimum Gasteiger partial charge on any atom is -0.392 e. The van der Waals surface area contributed by atoms with Gasteiger partial charge in [-0.25, -0.2) is 0 Å². The van der Waals surface area contributed by atoms with E-state index in [1.165, 1.54) is 0 Å². The van der Waals surface area contributed by atoms with Crippen molar-refractivity contribution in [1.29, 1.82) is 0 Å². The maximum atomic E-state index is 13.0. The van der Waals surface area contributed by atoms with E-state index in [1.807, 2.05) is 51.1 Å². The number of benzene rings is 1. The van der Waals surface area contributed by atoms with Gasteiger partial charge in [0.15, 0.2) is 0 Å². The molecule has 0 spiro atoms. The second kappa shape index (κ2) is 9.00. The summed E-state index contributed by atoms with van der Waals surface area (Å²) in [7, 11) is 0. The monoisotopic (exact) mass is 370 g/mol. The number of aliphatic hydroxyl groups excluding tert-OH is 1. The molecule has 1 heterocycles. The molecule has 1 aromatic carbocycles. The number of aromatic nitrogens is 1. The summed E-state index contributed by atoms with van der Waals surface area (Å²) in [6, 6.07) is 11.2. The van der Waals surface area contributed by atoms with Gasteiger partial charge in [0.2, 0.25) is 0 Å². The number of aliphatic hydroxyl groups is 1. The van der Waals surface area contributed by atoms with Crippen LogP contribution in [0.15, 0.2) is 41.2 Å². The molecule has 1 amide bonds. The summed E-state index contributed by atoms with van der Waals surface area (Å²) in [5, 5.41) is 12.7. The molecule has 0 saturated heterocycles. The van der Waals surface area contributed by atoms with Gasteiger partial charge in [0.05, 0.1) is 12.1 Å². The average molecular weight is 370 g/mol. The number of nitrogens with zero attached hydrogens (tertiary/aromatic N) is 1. The summed E-state index contributed by atoms with van der Waals surface area (Å²) in [4.78, 5) is 25.9. The Balaban J connectivity index is 2.45. The van der Waals surface area contributed by atoms with Crippen molar-refractivity contribution >= 4 is 5.91 Å². The lowest BCUT2D eigenvalue weighted by molar-refractivity contribution is 0.0909. The van der Waals surface area contributed by atoms with Crippen molar-refractivity contribution in [1.82, 2.24) is 9.88 Å². The standard InChI is InChI=1S/C22H30N2O3/c1-5-7-13-24-19(6-2)16(15-25)14-18(21(24)27)20(26)23-22(3,4)17-11-9-8-10-12-17/h8-12,14,25H,5-7,13,15H2,1-4H3,(H,23,26). The Bertz CT molecular complexity index is 839. The van der Waals surface area contributed by atoms with Gasteiger partial charge in [0.25, 0.3) is 11.5 Å². The Morgan fingerprint density at radius 1 is 1.19 bits per heavy atom. The summed E-state index contributed by atoms with van der Waals surface area (Å²) in [6.07, 6.45) is 2.42. The summed E-state index contributed by atoms with van der Waals surface area (Å²) < 4.78 is 1.65.